The topological polar surface area (TPSA) is 63.3 Å². The number of fused-ring (bicyclic) bond motifs is 2. The number of aromatic nitrogens is 3. The van der Waals surface area contributed by atoms with E-state index in [0.717, 1.165) is 53.1 Å². The lowest BCUT2D eigenvalue weighted by atomic mass is 10.0. The minimum Gasteiger partial charge on any atom is -0.493 e. The molecular weight excluding hydrogens is 276 g/mol. The lowest BCUT2D eigenvalue weighted by Crippen LogP contribution is -2.13. The van der Waals surface area contributed by atoms with Crippen molar-refractivity contribution < 1.29 is 5.11 Å². The van der Waals surface area contributed by atoms with Gasteiger partial charge in [0.2, 0.25) is 5.88 Å². The summed E-state index contributed by atoms with van der Waals surface area (Å²) in [5, 5.41) is 11.5. The van der Waals surface area contributed by atoms with E-state index >= 15 is 0 Å². The Balaban J connectivity index is 2.01. The summed E-state index contributed by atoms with van der Waals surface area (Å²) >= 11 is 0. The molecule has 0 radical (unpaired) electrons. The van der Waals surface area contributed by atoms with Gasteiger partial charge < -0.3 is 9.67 Å². The Bertz CT molecular complexity index is 895. The first-order chi connectivity index (χ1) is 10.8. The summed E-state index contributed by atoms with van der Waals surface area (Å²) in [5.41, 5.74) is 3.03. The molecule has 0 saturated carbocycles. The number of hydrogen-bond donors (Lipinski definition) is 1. The van der Waals surface area contributed by atoms with Crippen molar-refractivity contribution in [2.45, 2.75) is 19.9 Å². The molecule has 0 aliphatic carbocycles. The molecule has 0 saturated heterocycles. The maximum atomic E-state index is 9.57. The van der Waals surface area contributed by atoms with Crippen molar-refractivity contribution in [3.05, 3.63) is 42.0 Å². The van der Waals surface area contributed by atoms with E-state index < -0.39 is 0 Å². The lowest BCUT2D eigenvalue weighted by Gasteiger charge is -2.12. The van der Waals surface area contributed by atoms with Crippen LogP contribution in [0.4, 0.5) is 0 Å². The summed E-state index contributed by atoms with van der Waals surface area (Å²) in [6.07, 6.45) is 4.51. The Labute approximate surface area is 128 Å². The zero-order valence-electron chi connectivity index (χ0n) is 12.3. The summed E-state index contributed by atoms with van der Waals surface area (Å²) in [6, 6.07) is 7.67. The number of nitrogens with zero attached hydrogens (tertiary/aromatic N) is 4. The van der Waals surface area contributed by atoms with Gasteiger partial charge in [-0.3, -0.25) is 4.99 Å². The molecular formula is C17H16N4O. The second kappa shape index (κ2) is 4.94. The van der Waals surface area contributed by atoms with E-state index in [4.69, 9.17) is 4.98 Å². The molecule has 0 unspecified atom stereocenters. The van der Waals surface area contributed by atoms with Crippen molar-refractivity contribution in [1.82, 2.24) is 14.5 Å². The van der Waals surface area contributed by atoms with Crippen molar-refractivity contribution in [3.63, 3.8) is 0 Å². The first-order valence-electron chi connectivity index (χ1n) is 7.45. The van der Waals surface area contributed by atoms with Crippen molar-refractivity contribution in [3.8, 4) is 17.1 Å². The third-order valence-electron chi connectivity index (χ3n) is 4.07. The second-order valence-corrected chi connectivity index (χ2v) is 5.37. The molecule has 0 atom stereocenters. The smallest absolute Gasteiger partial charge is 0.211 e. The molecule has 2 aromatic heterocycles. The SMILES string of the molecule is CCc1nc(-c2cccc3cc(O)ncc23)c2n1CCN=C2. The quantitative estimate of drug-likeness (QED) is 0.790. The van der Waals surface area contributed by atoms with Crippen LogP contribution in [0.3, 0.4) is 0 Å². The Kier molecular flexibility index (Phi) is 2.92. The van der Waals surface area contributed by atoms with Gasteiger partial charge in [-0.05, 0) is 5.39 Å². The van der Waals surface area contributed by atoms with Crippen LogP contribution >= 0.6 is 0 Å². The van der Waals surface area contributed by atoms with E-state index in [2.05, 4.69) is 21.5 Å². The Morgan fingerprint density at radius 2 is 2.23 bits per heavy atom. The predicted molar refractivity (Wildman–Crippen MR) is 86.5 cm³/mol. The number of imidazole rings is 1. The number of aliphatic imine (C=N–C) groups is 1. The zero-order chi connectivity index (χ0) is 15.1. The summed E-state index contributed by atoms with van der Waals surface area (Å²) < 4.78 is 2.25. The first-order valence-corrected chi connectivity index (χ1v) is 7.45. The Morgan fingerprint density at radius 1 is 1.32 bits per heavy atom. The molecule has 1 aliphatic heterocycles. The number of aryl methyl sites for hydroxylation is 1. The average molecular weight is 292 g/mol. The highest BCUT2D eigenvalue weighted by Crippen LogP contribution is 2.32. The van der Waals surface area contributed by atoms with Gasteiger partial charge in [0.05, 0.1) is 17.9 Å². The minimum absolute atomic E-state index is 0.0346. The van der Waals surface area contributed by atoms with E-state index in [0.29, 0.717) is 0 Å². The lowest BCUT2D eigenvalue weighted by molar-refractivity contribution is 0.454. The highest BCUT2D eigenvalue weighted by Gasteiger charge is 2.19. The third kappa shape index (κ3) is 1.89. The summed E-state index contributed by atoms with van der Waals surface area (Å²) in [5.74, 6) is 1.12. The van der Waals surface area contributed by atoms with Gasteiger partial charge in [-0.2, -0.15) is 0 Å². The molecule has 1 aliphatic rings. The summed E-state index contributed by atoms with van der Waals surface area (Å²) in [7, 11) is 0. The van der Waals surface area contributed by atoms with Crippen LogP contribution in [0.25, 0.3) is 22.0 Å². The third-order valence-corrected chi connectivity index (χ3v) is 4.07. The van der Waals surface area contributed by atoms with Crippen LogP contribution in [0.15, 0.2) is 35.5 Å². The fraction of sp³-hybridized carbons (Fsp3) is 0.235. The van der Waals surface area contributed by atoms with E-state index in [1.165, 1.54) is 0 Å². The largest absolute Gasteiger partial charge is 0.493 e. The fourth-order valence-corrected chi connectivity index (χ4v) is 3.04. The predicted octanol–water partition coefficient (Wildman–Crippen LogP) is 2.80. The molecule has 3 heterocycles. The molecule has 22 heavy (non-hydrogen) atoms. The molecule has 4 rings (SSSR count). The molecule has 5 heteroatoms. The fourth-order valence-electron chi connectivity index (χ4n) is 3.04. The summed E-state index contributed by atoms with van der Waals surface area (Å²) in [4.78, 5) is 13.3. The van der Waals surface area contributed by atoms with E-state index in [-0.39, 0.29) is 5.88 Å². The van der Waals surface area contributed by atoms with Crippen molar-refractivity contribution >= 4 is 17.0 Å². The highest BCUT2D eigenvalue weighted by molar-refractivity contribution is 6.00. The van der Waals surface area contributed by atoms with Gasteiger partial charge in [0.1, 0.15) is 5.82 Å². The molecule has 0 bridgehead atoms. The molecule has 0 amide bonds. The maximum Gasteiger partial charge on any atom is 0.211 e. The Hall–Kier alpha value is -2.69. The molecule has 0 spiro atoms. The van der Waals surface area contributed by atoms with Crippen LogP contribution in [0, 0.1) is 0 Å². The van der Waals surface area contributed by atoms with Crippen LogP contribution in [-0.2, 0) is 13.0 Å². The first kappa shape index (κ1) is 13.0. The number of aromatic hydroxyl groups is 1. The van der Waals surface area contributed by atoms with Gasteiger partial charge in [0, 0.05) is 42.4 Å². The molecule has 110 valence electrons. The van der Waals surface area contributed by atoms with E-state index in [9.17, 15) is 5.11 Å². The normalized spacial score (nSPS) is 13.5. The number of hydrogen-bond acceptors (Lipinski definition) is 4. The maximum absolute atomic E-state index is 9.57. The molecule has 3 aromatic rings. The minimum atomic E-state index is 0.0346. The van der Waals surface area contributed by atoms with Gasteiger partial charge in [-0.15, -0.1) is 0 Å². The average Bonchev–Trinajstić information content (AvgIpc) is 2.92. The monoisotopic (exact) mass is 292 g/mol. The van der Waals surface area contributed by atoms with Crippen LogP contribution < -0.4 is 0 Å². The van der Waals surface area contributed by atoms with Crippen LogP contribution in [-0.4, -0.2) is 32.4 Å². The van der Waals surface area contributed by atoms with Crippen molar-refractivity contribution in [2.75, 3.05) is 6.54 Å². The number of benzene rings is 1. The summed E-state index contributed by atoms with van der Waals surface area (Å²) in [6.45, 7) is 3.81. The van der Waals surface area contributed by atoms with Gasteiger partial charge in [-0.1, -0.05) is 25.1 Å². The van der Waals surface area contributed by atoms with Crippen LogP contribution in [0.1, 0.15) is 18.4 Å². The second-order valence-electron chi connectivity index (χ2n) is 5.37. The zero-order valence-corrected chi connectivity index (χ0v) is 12.3. The van der Waals surface area contributed by atoms with Gasteiger partial charge >= 0.3 is 0 Å². The van der Waals surface area contributed by atoms with Crippen LogP contribution in [0.2, 0.25) is 0 Å². The van der Waals surface area contributed by atoms with Gasteiger partial charge in [-0.25, -0.2) is 9.97 Å². The molecule has 0 fully saturated rings. The molecule has 1 N–H and O–H groups in total. The number of rotatable bonds is 2. The number of pyridine rings is 1. The standard InChI is InChI=1S/C17H16N4O/c1-2-15-20-17(14-10-18-6-7-21(14)15)12-5-3-4-11-8-16(22)19-9-13(11)12/h3-5,8-10H,2,6-7H2,1H3,(H,19,22). The van der Waals surface area contributed by atoms with Gasteiger partial charge in [0.25, 0.3) is 0 Å². The van der Waals surface area contributed by atoms with Gasteiger partial charge in [0.15, 0.2) is 0 Å². The highest BCUT2D eigenvalue weighted by atomic mass is 16.3. The van der Waals surface area contributed by atoms with Crippen LogP contribution in [0.5, 0.6) is 5.88 Å². The van der Waals surface area contributed by atoms with Crippen molar-refractivity contribution in [1.29, 1.82) is 0 Å². The van der Waals surface area contributed by atoms with E-state index in [1.807, 2.05) is 24.4 Å². The molecule has 1 aromatic carbocycles. The van der Waals surface area contributed by atoms with Crippen molar-refractivity contribution in [2.24, 2.45) is 4.99 Å². The molecule has 5 nitrogen and oxygen atoms in total. The Morgan fingerprint density at radius 3 is 3.09 bits per heavy atom. The van der Waals surface area contributed by atoms with E-state index in [1.54, 1.807) is 12.3 Å².